The molecule has 0 amide bonds. The second kappa shape index (κ2) is 7.32. The molecule has 0 bridgehead atoms. The van der Waals surface area contributed by atoms with Crippen molar-refractivity contribution < 1.29 is 10.2 Å². The third-order valence-electron chi connectivity index (χ3n) is 3.95. The van der Waals surface area contributed by atoms with Gasteiger partial charge in [0.1, 0.15) is 0 Å². The number of imidazole rings is 1. The zero-order valence-electron chi connectivity index (χ0n) is 13.9. The van der Waals surface area contributed by atoms with E-state index < -0.39 is 24.0 Å². The molecule has 0 saturated heterocycles. The van der Waals surface area contributed by atoms with Crippen LogP contribution in [-0.4, -0.2) is 48.6 Å². The van der Waals surface area contributed by atoms with Crippen LogP contribution in [0, 0.1) is 0 Å². The molecule has 10 heteroatoms. The lowest BCUT2D eigenvalue weighted by Gasteiger charge is -2.07. The second-order valence-electron chi connectivity index (χ2n) is 5.86. The molecular formula is C16H18ClN5O4. The van der Waals surface area contributed by atoms with Crippen molar-refractivity contribution in [2.75, 3.05) is 18.5 Å². The summed E-state index contributed by atoms with van der Waals surface area (Å²) in [6.07, 6.45) is -0.964. The fraction of sp³-hybridized carbons (Fsp3) is 0.312. The first-order valence-corrected chi connectivity index (χ1v) is 8.25. The number of rotatable bonds is 6. The van der Waals surface area contributed by atoms with Gasteiger partial charge < -0.3 is 20.5 Å². The van der Waals surface area contributed by atoms with Crippen molar-refractivity contribution in [2.45, 2.75) is 12.6 Å². The SMILES string of the molecule is Cn1c(=O)n(Cc2ccc(Cl)cc2)c(=O)c2[nH]c(NC[C@@H](O)CO)nc21. The number of aromatic amines is 1. The van der Waals surface area contributed by atoms with Crippen LogP contribution in [0.1, 0.15) is 5.56 Å². The Labute approximate surface area is 152 Å². The van der Waals surface area contributed by atoms with Gasteiger partial charge in [-0.2, -0.15) is 4.98 Å². The lowest BCUT2D eigenvalue weighted by atomic mass is 10.2. The number of hydrogen-bond donors (Lipinski definition) is 4. The van der Waals surface area contributed by atoms with Gasteiger partial charge >= 0.3 is 5.69 Å². The van der Waals surface area contributed by atoms with Gasteiger partial charge in [0, 0.05) is 18.6 Å². The number of H-pyrrole nitrogens is 1. The van der Waals surface area contributed by atoms with Gasteiger partial charge in [-0.25, -0.2) is 4.79 Å². The molecule has 138 valence electrons. The monoisotopic (exact) mass is 379 g/mol. The van der Waals surface area contributed by atoms with Crippen molar-refractivity contribution in [3.8, 4) is 0 Å². The number of nitrogens with zero attached hydrogens (tertiary/aromatic N) is 3. The van der Waals surface area contributed by atoms with Crippen LogP contribution in [0.25, 0.3) is 11.2 Å². The van der Waals surface area contributed by atoms with E-state index in [1.54, 1.807) is 24.3 Å². The molecule has 26 heavy (non-hydrogen) atoms. The molecule has 0 fully saturated rings. The highest BCUT2D eigenvalue weighted by molar-refractivity contribution is 6.30. The fourth-order valence-electron chi connectivity index (χ4n) is 2.52. The van der Waals surface area contributed by atoms with E-state index in [4.69, 9.17) is 16.7 Å². The Hall–Kier alpha value is -2.62. The maximum absolute atomic E-state index is 12.7. The molecule has 2 heterocycles. The zero-order valence-corrected chi connectivity index (χ0v) is 14.7. The number of hydrogen-bond acceptors (Lipinski definition) is 6. The van der Waals surface area contributed by atoms with Crippen LogP contribution < -0.4 is 16.6 Å². The summed E-state index contributed by atoms with van der Waals surface area (Å²) in [4.78, 5) is 32.3. The third kappa shape index (κ3) is 3.50. The first kappa shape index (κ1) is 18.2. The van der Waals surface area contributed by atoms with Gasteiger partial charge in [0.05, 0.1) is 19.3 Å². The maximum Gasteiger partial charge on any atom is 0.332 e. The van der Waals surface area contributed by atoms with E-state index in [-0.39, 0.29) is 30.2 Å². The molecule has 0 saturated carbocycles. The third-order valence-corrected chi connectivity index (χ3v) is 4.20. The van der Waals surface area contributed by atoms with Crippen LogP contribution in [0.5, 0.6) is 0 Å². The number of aromatic nitrogens is 4. The van der Waals surface area contributed by atoms with E-state index in [9.17, 15) is 14.7 Å². The Morgan fingerprint density at radius 3 is 2.65 bits per heavy atom. The van der Waals surface area contributed by atoms with E-state index in [0.29, 0.717) is 5.02 Å². The number of aliphatic hydroxyl groups is 2. The Balaban J connectivity index is 2.01. The second-order valence-corrected chi connectivity index (χ2v) is 6.30. The van der Waals surface area contributed by atoms with Crippen molar-refractivity contribution >= 4 is 28.7 Å². The van der Waals surface area contributed by atoms with Gasteiger partial charge in [-0.1, -0.05) is 23.7 Å². The van der Waals surface area contributed by atoms with Gasteiger partial charge in [-0.3, -0.25) is 13.9 Å². The van der Waals surface area contributed by atoms with Crippen LogP contribution in [-0.2, 0) is 13.6 Å². The summed E-state index contributed by atoms with van der Waals surface area (Å²) < 4.78 is 2.38. The summed E-state index contributed by atoms with van der Waals surface area (Å²) in [7, 11) is 1.52. The van der Waals surface area contributed by atoms with Crippen molar-refractivity contribution in [1.82, 2.24) is 19.1 Å². The minimum atomic E-state index is -0.964. The predicted octanol–water partition coefficient (Wildman–Crippen LogP) is -0.110. The molecular weight excluding hydrogens is 362 g/mol. The van der Waals surface area contributed by atoms with E-state index in [2.05, 4.69) is 15.3 Å². The summed E-state index contributed by atoms with van der Waals surface area (Å²) in [6.45, 7) is -0.257. The summed E-state index contributed by atoms with van der Waals surface area (Å²) in [5, 5.41) is 21.6. The topological polar surface area (TPSA) is 125 Å². The molecule has 0 aliphatic rings. The van der Waals surface area contributed by atoms with Crippen LogP contribution in [0.4, 0.5) is 5.95 Å². The van der Waals surface area contributed by atoms with E-state index >= 15 is 0 Å². The number of benzene rings is 1. The maximum atomic E-state index is 12.7. The van der Waals surface area contributed by atoms with Crippen molar-refractivity contribution in [2.24, 2.45) is 7.05 Å². The summed E-state index contributed by atoms with van der Waals surface area (Å²) in [5.74, 6) is 0.226. The highest BCUT2D eigenvalue weighted by atomic mass is 35.5. The highest BCUT2D eigenvalue weighted by Crippen LogP contribution is 2.11. The van der Waals surface area contributed by atoms with Crippen molar-refractivity contribution in [3.63, 3.8) is 0 Å². The number of nitrogens with one attached hydrogen (secondary N) is 2. The van der Waals surface area contributed by atoms with Crippen molar-refractivity contribution in [3.05, 3.63) is 55.7 Å². The molecule has 0 aliphatic heterocycles. The molecule has 0 radical (unpaired) electrons. The molecule has 1 atom stereocenters. The molecule has 1 aromatic carbocycles. The average Bonchev–Trinajstić information content (AvgIpc) is 3.07. The van der Waals surface area contributed by atoms with Crippen LogP contribution in [0.2, 0.25) is 5.02 Å². The lowest BCUT2D eigenvalue weighted by Crippen LogP contribution is -2.39. The van der Waals surface area contributed by atoms with Gasteiger partial charge in [0.2, 0.25) is 5.95 Å². The first-order valence-electron chi connectivity index (χ1n) is 7.87. The number of aryl methyl sites for hydroxylation is 1. The van der Waals surface area contributed by atoms with Gasteiger partial charge in [-0.05, 0) is 17.7 Å². The Bertz CT molecular complexity index is 1040. The molecule has 9 nitrogen and oxygen atoms in total. The molecule has 0 aliphatic carbocycles. The number of anilines is 1. The quantitative estimate of drug-likeness (QED) is 0.473. The fourth-order valence-corrected chi connectivity index (χ4v) is 2.65. The number of aliphatic hydroxyl groups excluding tert-OH is 2. The molecule has 3 rings (SSSR count). The van der Waals surface area contributed by atoms with E-state index in [0.717, 1.165) is 10.1 Å². The Morgan fingerprint density at radius 1 is 1.31 bits per heavy atom. The predicted molar refractivity (Wildman–Crippen MR) is 97.7 cm³/mol. The largest absolute Gasteiger partial charge is 0.394 e. The normalized spacial score (nSPS) is 12.5. The van der Waals surface area contributed by atoms with Gasteiger partial charge in [-0.15, -0.1) is 0 Å². The Morgan fingerprint density at radius 2 is 2.00 bits per heavy atom. The average molecular weight is 380 g/mol. The van der Waals surface area contributed by atoms with E-state index in [1.165, 1.54) is 11.6 Å². The number of fused-ring (bicyclic) bond motifs is 1. The minimum absolute atomic E-state index is 0.0449. The smallest absolute Gasteiger partial charge is 0.332 e. The molecule has 3 aromatic rings. The molecule has 0 spiro atoms. The molecule has 2 aromatic heterocycles. The lowest BCUT2D eigenvalue weighted by molar-refractivity contribution is 0.105. The standard InChI is InChI=1S/C16H18ClN5O4/c1-21-13-12(19-15(20-13)18-6-11(24)8-23)14(25)22(16(21)26)7-9-2-4-10(17)5-3-9/h2-5,11,23-24H,6-8H2,1H3,(H2,18,19,20)/t11-/m1/s1. The van der Waals surface area contributed by atoms with Crippen LogP contribution in [0.15, 0.2) is 33.9 Å². The molecule has 4 N–H and O–H groups in total. The number of halogens is 1. The Kier molecular flexibility index (Phi) is 5.12. The summed E-state index contributed by atoms with van der Waals surface area (Å²) in [6, 6.07) is 6.87. The van der Waals surface area contributed by atoms with E-state index in [1.807, 2.05) is 0 Å². The minimum Gasteiger partial charge on any atom is -0.394 e. The van der Waals surface area contributed by atoms with Gasteiger partial charge in [0.15, 0.2) is 11.2 Å². The molecule has 0 unspecified atom stereocenters. The summed E-state index contributed by atoms with van der Waals surface area (Å²) in [5.41, 5.74) is 0.138. The van der Waals surface area contributed by atoms with Crippen LogP contribution >= 0.6 is 11.6 Å². The highest BCUT2D eigenvalue weighted by Gasteiger charge is 2.16. The van der Waals surface area contributed by atoms with Crippen LogP contribution in [0.3, 0.4) is 0 Å². The van der Waals surface area contributed by atoms with Gasteiger partial charge in [0.25, 0.3) is 5.56 Å². The first-order chi connectivity index (χ1) is 12.4. The zero-order chi connectivity index (χ0) is 18.8. The van der Waals surface area contributed by atoms with Crippen molar-refractivity contribution in [1.29, 1.82) is 0 Å². The summed E-state index contributed by atoms with van der Waals surface area (Å²) >= 11 is 5.86.